The maximum absolute atomic E-state index is 13.5. The number of H-pyrrole nitrogens is 1. The van der Waals surface area contributed by atoms with Gasteiger partial charge in [0.25, 0.3) is 0 Å². The summed E-state index contributed by atoms with van der Waals surface area (Å²) in [5.74, 6) is 1.32. The number of methoxy groups -OCH3 is 1. The highest BCUT2D eigenvalue weighted by Gasteiger charge is 2.33. The molecule has 7 heterocycles. The van der Waals surface area contributed by atoms with Crippen LogP contribution < -0.4 is 15.0 Å². The van der Waals surface area contributed by atoms with Crippen LogP contribution in [-0.4, -0.2) is 107 Å². The number of hydrogen-bond donors (Lipinski definition) is 3. The van der Waals surface area contributed by atoms with Gasteiger partial charge < -0.3 is 29.9 Å². The van der Waals surface area contributed by atoms with Crippen molar-refractivity contribution in [1.29, 1.82) is 0 Å². The molecule has 2 aliphatic heterocycles. The first kappa shape index (κ1) is 45.5. The van der Waals surface area contributed by atoms with Crippen molar-refractivity contribution in [2.45, 2.75) is 72.0 Å². The molecule has 1 atom stereocenters. The van der Waals surface area contributed by atoms with Gasteiger partial charge >= 0.3 is 5.97 Å². The van der Waals surface area contributed by atoms with Crippen molar-refractivity contribution in [2.24, 2.45) is 4.99 Å². The molecule has 0 spiro atoms. The summed E-state index contributed by atoms with van der Waals surface area (Å²) < 4.78 is 9.47. The number of carboxylic acids is 1. The van der Waals surface area contributed by atoms with Crippen LogP contribution in [0.25, 0.3) is 27.0 Å². The third-order valence-corrected chi connectivity index (χ3v) is 14.1. The molecular formula is C47H48Cl2N12O5S. The number of carbonyl (C=O) groups is 3. The van der Waals surface area contributed by atoms with Crippen molar-refractivity contribution in [2.75, 3.05) is 38.2 Å². The lowest BCUT2D eigenvalue weighted by Crippen LogP contribution is -2.49. The van der Waals surface area contributed by atoms with Gasteiger partial charge in [-0.05, 0) is 75.6 Å². The van der Waals surface area contributed by atoms with Gasteiger partial charge in [0, 0.05) is 88.4 Å². The summed E-state index contributed by atoms with van der Waals surface area (Å²) in [6.07, 6.45) is 6.24. The summed E-state index contributed by atoms with van der Waals surface area (Å²) in [6.45, 7) is 9.34. The minimum absolute atomic E-state index is 0.0642. The predicted octanol–water partition coefficient (Wildman–Crippen LogP) is 7.91. The summed E-state index contributed by atoms with van der Waals surface area (Å²) in [6, 6.07) is 14.2. The number of rotatable bonds is 15. The molecular weight excluding hydrogens is 916 g/mol. The number of aromatic nitrogens is 8. The van der Waals surface area contributed by atoms with Crippen molar-refractivity contribution in [3.8, 4) is 22.0 Å². The minimum Gasteiger partial charge on any atom is -0.480 e. The predicted molar refractivity (Wildman–Crippen MR) is 257 cm³/mol. The van der Waals surface area contributed by atoms with E-state index in [4.69, 9.17) is 37.9 Å². The van der Waals surface area contributed by atoms with Gasteiger partial charge in [0.2, 0.25) is 17.7 Å². The molecule has 346 valence electrons. The largest absolute Gasteiger partial charge is 0.480 e. The fraction of sp³-hybridized carbons (Fsp3) is 0.340. The molecule has 0 bridgehead atoms. The smallest absolute Gasteiger partial charge is 0.337 e. The van der Waals surface area contributed by atoms with E-state index >= 15 is 0 Å². The number of fused-ring (bicyclic) bond motifs is 4. The van der Waals surface area contributed by atoms with Crippen LogP contribution in [0.3, 0.4) is 0 Å². The number of nitrogens with zero attached hydrogens (tertiary/aromatic N) is 10. The topological polar surface area (TPSA) is 202 Å². The summed E-state index contributed by atoms with van der Waals surface area (Å²) in [7, 11) is 1.54. The molecule has 0 aliphatic carbocycles. The first-order chi connectivity index (χ1) is 32.4. The number of anilines is 1. The third-order valence-electron chi connectivity index (χ3n) is 12.4. The standard InChI is InChI=1S/C47H48Cl2N12O5S/c1-26-27(2)67-46-42(26)43(29-9-11-30(48)12-10-29)52-38(44-56-54-28(3)61(44)46)22-40(62)51-23-31-25-60(57-55-31)15-7-5-6-8-41(63)59-18-16-58(17-19-59)39-14-13-32(45(53-39)66-4)33-20-34-35(47(64)65)24-50-37(34)21-36(33)49/h9-14,20-21,24-25,38,50H,5-8,15-19,22-23H2,1-4H3,(H,51,62)(H,64,65)/t38-/m0/s1. The summed E-state index contributed by atoms with van der Waals surface area (Å²) in [5.41, 5.74) is 6.50. The highest BCUT2D eigenvalue weighted by atomic mass is 35.5. The Morgan fingerprint density at radius 2 is 1.75 bits per heavy atom. The summed E-state index contributed by atoms with van der Waals surface area (Å²) in [5, 5.41) is 32.7. The van der Waals surface area contributed by atoms with Gasteiger partial charge in [-0.25, -0.2) is 4.79 Å². The van der Waals surface area contributed by atoms with Gasteiger partial charge in [-0.1, -0.05) is 47.0 Å². The number of thiophene rings is 1. The van der Waals surface area contributed by atoms with E-state index in [0.717, 1.165) is 58.3 Å². The van der Waals surface area contributed by atoms with Crippen molar-refractivity contribution in [1.82, 2.24) is 49.9 Å². The number of nitrogens with one attached hydrogen (secondary N) is 2. The summed E-state index contributed by atoms with van der Waals surface area (Å²) in [4.78, 5) is 56.6. The maximum atomic E-state index is 13.5. The number of carbonyl (C=O) groups excluding carboxylic acids is 2. The SMILES string of the molecule is COc1nc(N2CCN(C(=O)CCCCCn3cc(CNC(=O)C[C@@H]4N=C(c5ccc(Cl)cc5)c5c(sc(C)c5C)-n5c(C)nnc54)nn3)CC2)ccc1-c1cc2c(C(=O)O)c[nH]c2cc1Cl. The van der Waals surface area contributed by atoms with Gasteiger partial charge in [-0.15, -0.1) is 26.6 Å². The van der Waals surface area contributed by atoms with Crippen molar-refractivity contribution >= 4 is 74.8 Å². The number of carboxylic acid groups (broad SMARTS) is 1. The molecule has 9 rings (SSSR count). The number of amides is 2. The fourth-order valence-corrected chi connectivity index (χ4v) is 10.3. The second-order valence-corrected chi connectivity index (χ2v) is 18.7. The Labute approximate surface area is 399 Å². The van der Waals surface area contributed by atoms with Gasteiger partial charge in [0.1, 0.15) is 28.4 Å². The zero-order valence-electron chi connectivity index (χ0n) is 37.3. The van der Waals surface area contributed by atoms with Gasteiger partial charge in [0.05, 0.1) is 42.6 Å². The molecule has 0 saturated carbocycles. The number of hydrogen-bond acceptors (Lipinski definition) is 12. The van der Waals surface area contributed by atoms with Gasteiger partial charge in [-0.2, -0.15) is 4.98 Å². The molecule has 0 unspecified atom stereocenters. The number of aromatic carboxylic acids is 1. The average Bonchev–Trinajstić information content (AvgIpc) is 4.11. The highest BCUT2D eigenvalue weighted by molar-refractivity contribution is 7.15. The minimum atomic E-state index is -1.04. The van der Waals surface area contributed by atoms with Crippen LogP contribution in [0.2, 0.25) is 10.0 Å². The van der Waals surface area contributed by atoms with E-state index in [-0.39, 0.29) is 30.3 Å². The van der Waals surface area contributed by atoms with E-state index in [0.29, 0.717) is 88.6 Å². The zero-order chi connectivity index (χ0) is 46.9. The Morgan fingerprint density at radius 3 is 2.51 bits per heavy atom. The molecule has 2 amide bonds. The Morgan fingerprint density at radius 1 is 0.955 bits per heavy atom. The molecule has 2 aromatic carbocycles. The first-order valence-electron chi connectivity index (χ1n) is 22.0. The van der Waals surface area contributed by atoms with E-state index in [1.165, 1.54) is 18.2 Å². The fourth-order valence-electron chi connectivity index (χ4n) is 8.66. The number of piperazine rings is 1. The highest BCUT2D eigenvalue weighted by Crippen LogP contribution is 2.41. The third kappa shape index (κ3) is 9.38. The molecule has 2 aliphatic rings. The van der Waals surface area contributed by atoms with Gasteiger partial charge in [-0.3, -0.25) is 23.8 Å². The number of benzene rings is 2. The van der Waals surface area contributed by atoms with Crippen LogP contribution in [0.5, 0.6) is 5.88 Å². The molecule has 1 fully saturated rings. The first-order valence-corrected chi connectivity index (χ1v) is 23.6. The van der Waals surface area contributed by atoms with Crippen LogP contribution in [0, 0.1) is 20.8 Å². The number of pyridine rings is 1. The Bertz CT molecular complexity index is 3040. The van der Waals surface area contributed by atoms with E-state index in [9.17, 15) is 19.5 Å². The van der Waals surface area contributed by atoms with Crippen LogP contribution in [0.4, 0.5) is 5.82 Å². The van der Waals surface area contributed by atoms with Crippen molar-refractivity contribution in [3.05, 3.63) is 115 Å². The lowest BCUT2D eigenvalue weighted by atomic mass is 9.99. The Hall–Kier alpha value is -6.63. The normalized spacial score (nSPS) is 14.7. The number of halogens is 2. The lowest BCUT2D eigenvalue weighted by Gasteiger charge is -2.35. The van der Waals surface area contributed by atoms with E-state index < -0.39 is 12.0 Å². The maximum Gasteiger partial charge on any atom is 0.337 e. The number of aromatic amines is 1. The molecule has 7 aromatic rings. The molecule has 17 nitrogen and oxygen atoms in total. The van der Waals surface area contributed by atoms with Crippen LogP contribution in [-0.2, 0) is 22.7 Å². The van der Waals surface area contributed by atoms with E-state index in [1.807, 2.05) is 59.0 Å². The second kappa shape index (κ2) is 19.3. The van der Waals surface area contributed by atoms with Crippen LogP contribution >= 0.6 is 34.5 Å². The Balaban J connectivity index is 0.730. The van der Waals surface area contributed by atoms with Crippen molar-refractivity contribution in [3.63, 3.8) is 0 Å². The number of aliphatic imine (C=N–C) groups is 1. The monoisotopic (exact) mass is 962 g/mol. The molecule has 0 radical (unpaired) electrons. The summed E-state index contributed by atoms with van der Waals surface area (Å²) >= 11 is 14.5. The zero-order valence-corrected chi connectivity index (χ0v) is 39.7. The quantitative estimate of drug-likeness (QED) is 0.0844. The van der Waals surface area contributed by atoms with Crippen LogP contribution in [0.1, 0.15) is 87.4 Å². The molecule has 5 aromatic heterocycles. The van der Waals surface area contributed by atoms with Crippen molar-refractivity contribution < 1.29 is 24.2 Å². The number of ether oxygens (including phenoxy) is 1. The molecule has 3 N–H and O–H groups in total. The van der Waals surface area contributed by atoms with E-state index in [2.05, 4.69) is 49.6 Å². The van der Waals surface area contributed by atoms with E-state index in [1.54, 1.807) is 28.2 Å². The number of aryl methyl sites for hydroxylation is 3. The van der Waals surface area contributed by atoms with Crippen LogP contribution in [0.15, 0.2) is 65.9 Å². The molecule has 67 heavy (non-hydrogen) atoms. The lowest BCUT2D eigenvalue weighted by molar-refractivity contribution is -0.131. The Kier molecular flexibility index (Phi) is 13.1. The molecule has 20 heteroatoms. The second-order valence-electron chi connectivity index (χ2n) is 16.6. The number of unbranched alkanes of at least 4 members (excludes halogenated alkanes) is 2. The average molecular weight is 964 g/mol. The molecule has 1 saturated heterocycles. The van der Waals surface area contributed by atoms with Gasteiger partial charge in [0.15, 0.2) is 5.82 Å².